The van der Waals surface area contributed by atoms with E-state index >= 15 is 0 Å². The van der Waals surface area contributed by atoms with Gasteiger partial charge in [-0.3, -0.25) is 0 Å². The van der Waals surface area contributed by atoms with E-state index in [0.717, 1.165) is 44.7 Å². The number of para-hydroxylation sites is 1. The van der Waals surface area contributed by atoms with Crippen molar-refractivity contribution in [3.8, 4) is 22.4 Å². The highest BCUT2D eigenvalue weighted by molar-refractivity contribution is 7.26. The minimum atomic E-state index is 0.659. The maximum atomic E-state index is 6.10. The third kappa shape index (κ3) is 4.68. The first-order valence-electron chi connectivity index (χ1n) is 16.5. The van der Waals surface area contributed by atoms with Gasteiger partial charge in [-0.15, -0.1) is 11.3 Å². The lowest BCUT2D eigenvalue weighted by atomic mass is 10.0. The second-order valence-corrected chi connectivity index (χ2v) is 13.5. The molecular weight excluding hydrogens is 617 g/mol. The third-order valence-electron chi connectivity index (χ3n) is 9.50. The molecular formula is C45H28N2OS. The van der Waals surface area contributed by atoms with Gasteiger partial charge in [0.1, 0.15) is 5.58 Å². The topological polar surface area (TPSA) is 29.3 Å². The van der Waals surface area contributed by atoms with Crippen LogP contribution in [0.5, 0.6) is 0 Å². The van der Waals surface area contributed by atoms with Crippen LogP contribution in [-0.4, -0.2) is 4.98 Å². The zero-order valence-corrected chi connectivity index (χ0v) is 27.2. The summed E-state index contributed by atoms with van der Waals surface area (Å²) in [5.41, 5.74) is 9.17. The van der Waals surface area contributed by atoms with E-state index in [1.807, 2.05) is 29.5 Å². The Labute approximate surface area is 286 Å². The predicted molar refractivity (Wildman–Crippen MR) is 207 cm³/mol. The Morgan fingerprint density at radius 2 is 1.14 bits per heavy atom. The van der Waals surface area contributed by atoms with E-state index in [-0.39, 0.29) is 0 Å². The zero-order valence-electron chi connectivity index (χ0n) is 26.4. The molecule has 4 heteroatoms. The number of fused-ring (bicyclic) bond motifs is 7. The first kappa shape index (κ1) is 27.8. The predicted octanol–water partition coefficient (Wildman–Crippen LogP) is 13.3. The van der Waals surface area contributed by atoms with Crippen LogP contribution in [-0.2, 0) is 0 Å². The summed E-state index contributed by atoms with van der Waals surface area (Å²) < 4.78 is 8.67. The second-order valence-electron chi connectivity index (χ2n) is 12.4. The summed E-state index contributed by atoms with van der Waals surface area (Å²) in [6, 6.07) is 60.5. The molecule has 0 aliphatic carbocycles. The Morgan fingerprint density at radius 3 is 1.98 bits per heavy atom. The first-order valence-corrected chi connectivity index (χ1v) is 17.3. The number of nitrogens with zero attached hydrogens (tertiary/aromatic N) is 2. The lowest BCUT2D eigenvalue weighted by Gasteiger charge is -2.27. The molecule has 10 rings (SSSR count). The van der Waals surface area contributed by atoms with E-state index in [1.165, 1.54) is 42.1 Å². The molecule has 7 aromatic carbocycles. The van der Waals surface area contributed by atoms with Crippen LogP contribution in [0, 0.1) is 0 Å². The quantitative estimate of drug-likeness (QED) is 0.187. The molecule has 0 saturated carbocycles. The molecule has 0 N–H and O–H groups in total. The second kappa shape index (κ2) is 11.2. The molecule has 3 heterocycles. The largest absolute Gasteiger partial charge is 0.438 e. The molecule has 49 heavy (non-hydrogen) atoms. The number of hydrogen-bond donors (Lipinski definition) is 0. The SMILES string of the molecule is c1ccc2cc(-c3ccc(N(c4ccc(-c5ccc6c(n5)oc5ccccc56)cc4)c4cccc5sc6ccccc6c45)cc3)ccc2c1. The molecule has 0 amide bonds. The Bertz CT molecular complexity index is 2830. The average molecular weight is 645 g/mol. The average Bonchev–Trinajstić information content (AvgIpc) is 3.74. The van der Waals surface area contributed by atoms with Crippen LogP contribution >= 0.6 is 11.3 Å². The Hall–Kier alpha value is -6.23. The summed E-state index contributed by atoms with van der Waals surface area (Å²) in [5.74, 6) is 0. The van der Waals surface area contributed by atoms with E-state index in [0.29, 0.717) is 5.71 Å². The van der Waals surface area contributed by atoms with Crippen LogP contribution in [0.3, 0.4) is 0 Å². The standard InChI is InChI=1S/C45H28N2OS/c1-2-9-32-28-33(17-16-29(32)8-1)30-18-22-34(23-19-30)47(40-12-7-15-43-44(40)38-11-4-6-14-42(38)49-43)35-24-20-31(21-25-35)39-27-26-37-36-10-3-5-13-41(36)48-45(37)46-39/h1-28H. The summed E-state index contributed by atoms with van der Waals surface area (Å²) in [6.45, 7) is 0. The Balaban J connectivity index is 1.09. The van der Waals surface area contributed by atoms with Crippen molar-refractivity contribution in [1.82, 2.24) is 4.98 Å². The highest BCUT2D eigenvalue weighted by Gasteiger charge is 2.19. The van der Waals surface area contributed by atoms with Crippen molar-refractivity contribution < 1.29 is 4.42 Å². The van der Waals surface area contributed by atoms with E-state index in [9.17, 15) is 0 Å². The Kier molecular flexibility index (Phi) is 6.36. The number of hydrogen-bond acceptors (Lipinski definition) is 4. The van der Waals surface area contributed by atoms with Gasteiger partial charge in [-0.05, 0) is 88.6 Å². The van der Waals surface area contributed by atoms with Crippen LogP contribution in [0.15, 0.2) is 174 Å². The highest BCUT2D eigenvalue weighted by Crippen LogP contribution is 2.45. The molecule has 10 aromatic rings. The van der Waals surface area contributed by atoms with Crippen LogP contribution in [0.25, 0.3) is 75.4 Å². The smallest absolute Gasteiger partial charge is 0.227 e. The molecule has 0 fully saturated rings. The van der Waals surface area contributed by atoms with Gasteiger partial charge in [-0.25, -0.2) is 4.98 Å². The van der Waals surface area contributed by atoms with E-state index in [4.69, 9.17) is 9.40 Å². The number of anilines is 3. The molecule has 0 radical (unpaired) electrons. The van der Waals surface area contributed by atoms with Crippen molar-refractivity contribution in [2.45, 2.75) is 0 Å². The summed E-state index contributed by atoms with van der Waals surface area (Å²) in [7, 11) is 0. The maximum Gasteiger partial charge on any atom is 0.227 e. The van der Waals surface area contributed by atoms with Crippen molar-refractivity contribution in [1.29, 1.82) is 0 Å². The van der Waals surface area contributed by atoms with Crippen LogP contribution < -0.4 is 4.90 Å². The number of rotatable bonds is 5. The van der Waals surface area contributed by atoms with Gasteiger partial charge in [0, 0.05) is 47.9 Å². The number of benzene rings is 7. The minimum Gasteiger partial charge on any atom is -0.438 e. The molecule has 0 bridgehead atoms. The molecule has 0 aliphatic rings. The number of aromatic nitrogens is 1. The zero-order chi connectivity index (χ0) is 32.3. The van der Waals surface area contributed by atoms with E-state index < -0.39 is 0 Å². The Morgan fingerprint density at radius 1 is 0.469 bits per heavy atom. The lowest BCUT2D eigenvalue weighted by Crippen LogP contribution is -2.10. The molecule has 0 atom stereocenters. The fraction of sp³-hybridized carbons (Fsp3) is 0. The molecule has 0 unspecified atom stereocenters. The van der Waals surface area contributed by atoms with Crippen LogP contribution in [0.2, 0.25) is 0 Å². The van der Waals surface area contributed by atoms with Gasteiger partial charge in [-0.2, -0.15) is 0 Å². The molecule has 3 nitrogen and oxygen atoms in total. The lowest BCUT2D eigenvalue weighted by molar-refractivity contribution is 0.654. The van der Waals surface area contributed by atoms with Gasteiger partial charge in [0.25, 0.3) is 0 Å². The molecule has 0 spiro atoms. The fourth-order valence-corrected chi connectivity index (χ4v) is 8.22. The first-order chi connectivity index (χ1) is 24.3. The molecule has 0 saturated heterocycles. The molecule has 3 aromatic heterocycles. The highest BCUT2D eigenvalue weighted by atomic mass is 32.1. The summed E-state index contributed by atoms with van der Waals surface area (Å²) in [5, 5.41) is 7.16. The van der Waals surface area contributed by atoms with Gasteiger partial charge in [0.15, 0.2) is 0 Å². The number of furan rings is 1. The van der Waals surface area contributed by atoms with Crippen LogP contribution in [0.4, 0.5) is 17.1 Å². The number of pyridine rings is 1. The normalized spacial score (nSPS) is 11.7. The van der Waals surface area contributed by atoms with Gasteiger partial charge in [-0.1, -0.05) is 103 Å². The number of thiophene rings is 1. The van der Waals surface area contributed by atoms with Gasteiger partial charge in [0.05, 0.1) is 11.4 Å². The summed E-state index contributed by atoms with van der Waals surface area (Å²) in [6.07, 6.45) is 0. The molecule has 230 valence electrons. The maximum absolute atomic E-state index is 6.10. The van der Waals surface area contributed by atoms with Crippen molar-refractivity contribution >= 4 is 81.4 Å². The minimum absolute atomic E-state index is 0.659. The van der Waals surface area contributed by atoms with Gasteiger partial charge in [0.2, 0.25) is 5.71 Å². The van der Waals surface area contributed by atoms with Crippen molar-refractivity contribution in [2.75, 3.05) is 4.90 Å². The van der Waals surface area contributed by atoms with E-state index in [1.54, 1.807) is 0 Å². The van der Waals surface area contributed by atoms with Crippen molar-refractivity contribution in [2.24, 2.45) is 0 Å². The summed E-state index contributed by atoms with van der Waals surface area (Å²) >= 11 is 1.84. The van der Waals surface area contributed by atoms with Gasteiger partial charge < -0.3 is 9.32 Å². The van der Waals surface area contributed by atoms with Crippen LogP contribution in [0.1, 0.15) is 0 Å². The monoisotopic (exact) mass is 644 g/mol. The molecule has 0 aliphatic heterocycles. The van der Waals surface area contributed by atoms with E-state index in [2.05, 4.69) is 157 Å². The summed E-state index contributed by atoms with van der Waals surface area (Å²) in [4.78, 5) is 7.30. The van der Waals surface area contributed by atoms with Crippen molar-refractivity contribution in [3.63, 3.8) is 0 Å². The third-order valence-corrected chi connectivity index (χ3v) is 10.6. The fourth-order valence-electron chi connectivity index (χ4n) is 7.09. The van der Waals surface area contributed by atoms with Gasteiger partial charge >= 0.3 is 0 Å². The van der Waals surface area contributed by atoms with Crippen molar-refractivity contribution in [3.05, 3.63) is 170 Å².